The summed E-state index contributed by atoms with van der Waals surface area (Å²) >= 11 is 1.50. The van der Waals surface area contributed by atoms with E-state index >= 15 is 0 Å². The molecular weight excluding hydrogens is 340 g/mol. The van der Waals surface area contributed by atoms with Crippen LogP contribution in [0.4, 0.5) is 0 Å². The van der Waals surface area contributed by atoms with E-state index in [0.29, 0.717) is 13.0 Å². The molecule has 1 unspecified atom stereocenters. The molecule has 132 valence electrons. The Labute approximate surface area is 149 Å². The van der Waals surface area contributed by atoms with E-state index in [1.165, 1.54) is 18.3 Å². The number of aromatic carboxylic acids is 1. The Morgan fingerprint density at radius 2 is 1.88 bits per heavy atom. The molecule has 6 nitrogen and oxygen atoms in total. The van der Waals surface area contributed by atoms with Gasteiger partial charge in [0.1, 0.15) is 0 Å². The van der Waals surface area contributed by atoms with Crippen LogP contribution in [0.25, 0.3) is 0 Å². The van der Waals surface area contributed by atoms with Gasteiger partial charge < -0.3 is 15.7 Å². The summed E-state index contributed by atoms with van der Waals surface area (Å²) in [6.07, 6.45) is 0.785. The lowest BCUT2D eigenvalue weighted by Gasteiger charge is -2.16. The molecular formula is C18H20N2O4S. The second kappa shape index (κ2) is 8.98. The monoisotopic (exact) mass is 360 g/mol. The Kier molecular flexibility index (Phi) is 6.71. The maximum atomic E-state index is 12.1. The van der Waals surface area contributed by atoms with Gasteiger partial charge in [-0.05, 0) is 35.6 Å². The van der Waals surface area contributed by atoms with Crippen molar-refractivity contribution in [3.8, 4) is 0 Å². The zero-order valence-electron chi connectivity index (χ0n) is 13.8. The van der Waals surface area contributed by atoms with Gasteiger partial charge in [0.05, 0.1) is 18.0 Å². The molecule has 1 aromatic heterocycles. The second-order valence-corrected chi connectivity index (χ2v) is 6.55. The Hall–Kier alpha value is -2.67. The summed E-state index contributed by atoms with van der Waals surface area (Å²) in [5.74, 6) is -1.28. The topological polar surface area (TPSA) is 95.5 Å². The number of hydrogen-bond donors (Lipinski definition) is 3. The van der Waals surface area contributed by atoms with E-state index in [1.54, 1.807) is 24.3 Å². The van der Waals surface area contributed by atoms with Gasteiger partial charge in [-0.25, -0.2) is 4.79 Å². The molecule has 0 bridgehead atoms. The lowest BCUT2D eigenvalue weighted by atomic mass is 10.1. The first-order valence-corrected chi connectivity index (χ1v) is 8.73. The van der Waals surface area contributed by atoms with Gasteiger partial charge in [0.2, 0.25) is 11.8 Å². The third kappa shape index (κ3) is 6.04. The molecule has 2 aromatic rings. The normalized spacial score (nSPS) is 11.6. The lowest BCUT2D eigenvalue weighted by Crippen LogP contribution is -2.33. The zero-order valence-corrected chi connectivity index (χ0v) is 14.6. The predicted octanol–water partition coefficient (Wildman–Crippen LogP) is 2.37. The van der Waals surface area contributed by atoms with Crippen molar-refractivity contribution in [2.24, 2.45) is 0 Å². The number of rotatable bonds is 8. The fourth-order valence-corrected chi connectivity index (χ4v) is 3.15. The molecule has 0 radical (unpaired) electrons. The molecule has 0 spiro atoms. The standard InChI is InChI=1S/C18H20N2O4S/c1-12(21)20-15(16-3-2-10-25-16)11-17(22)19-9-8-13-4-6-14(7-5-13)18(23)24/h2-7,10,15H,8-9,11H2,1H3,(H,19,22)(H,20,21)(H,23,24). The minimum atomic E-state index is -0.961. The van der Waals surface area contributed by atoms with E-state index in [0.717, 1.165) is 10.4 Å². The van der Waals surface area contributed by atoms with Gasteiger partial charge in [-0.3, -0.25) is 9.59 Å². The Morgan fingerprint density at radius 1 is 1.16 bits per heavy atom. The number of carbonyl (C=O) groups excluding carboxylic acids is 2. The molecule has 0 fully saturated rings. The van der Waals surface area contributed by atoms with Crippen LogP contribution in [0.1, 0.15) is 40.2 Å². The van der Waals surface area contributed by atoms with Gasteiger partial charge >= 0.3 is 5.97 Å². The summed E-state index contributed by atoms with van der Waals surface area (Å²) in [5, 5.41) is 16.4. The van der Waals surface area contributed by atoms with Crippen molar-refractivity contribution in [2.75, 3.05) is 6.54 Å². The van der Waals surface area contributed by atoms with Crippen LogP contribution in [-0.2, 0) is 16.0 Å². The third-order valence-electron chi connectivity index (χ3n) is 3.59. The minimum absolute atomic E-state index is 0.144. The summed E-state index contributed by atoms with van der Waals surface area (Å²) in [4.78, 5) is 35.2. The van der Waals surface area contributed by atoms with Gasteiger partial charge in [0.25, 0.3) is 0 Å². The highest BCUT2D eigenvalue weighted by Crippen LogP contribution is 2.21. The van der Waals surface area contributed by atoms with Gasteiger partial charge in [0.15, 0.2) is 0 Å². The summed E-state index contributed by atoms with van der Waals surface area (Å²) in [5.41, 5.74) is 1.18. The average molecular weight is 360 g/mol. The number of amides is 2. The Morgan fingerprint density at radius 3 is 2.44 bits per heavy atom. The van der Waals surface area contributed by atoms with Crippen molar-refractivity contribution in [1.82, 2.24) is 10.6 Å². The Balaban J connectivity index is 1.82. The van der Waals surface area contributed by atoms with E-state index in [4.69, 9.17) is 5.11 Å². The van der Waals surface area contributed by atoms with E-state index in [-0.39, 0.29) is 29.8 Å². The molecule has 0 saturated carbocycles. The van der Waals surface area contributed by atoms with Crippen molar-refractivity contribution in [3.63, 3.8) is 0 Å². The number of carboxylic acids is 1. The minimum Gasteiger partial charge on any atom is -0.478 e. The average Bonchev–Trinajstić information content (AvgIpc) is 3.08. The molecule has 1 aromatic carbocycles. The van der Waals surface area contributed by atoms with Crippen LogP contribution in [0.5, 0.6) is 0 Å². The van der Waals surface area contributed by atoms with Crippen molar-refractivity contribution < 1.29 is 19.5 Å². The van der Waals surface area contributed by atoms with E-state index in [1.807, 2.05) is 17.5 Å². The van der Waals surface area contributed by atoms with Crippen LogP contribution in [0, 0.1) is 0 Å². The number of carboxylic acid groups (broad SMARTS) is 1. The van der Waals surface area contributed by atoms with Crippen LogP contribution in [-0.4, -0.2) is 29.4 Å². The second-order valence-electron chi connectivity index (χ2n) is 5.57. The van der Waals surface area contributed by atoms with Crippen LogP contribution >= 0.6 is 11.3 Å². The number of benzene rings is 1. The number of thiophene rings is 1. The molecule has 1 atom stereocenters. The van der Waals surface area contributed by atoms with Crippen molar-refractivity contribution in [1.29, 1.82) is 0 Å². The summed E-state index contributed by atoms with van der Waals surface area (Å²) in [6.45, 7) is 1.88. The maximum Gasteiger partial charge on any atom is 0.335 e. The van der Waals surface area contributed by atoms with Crippen molar-refractivity contribution in [3.05, 3.63) is 57.8 Å². The largest absolute Gasteiger partial charge is 0.478 e. The third-order valence-corrected chi connectivity index (χ3v) is 4.58. The number of carbonyl (C=O) groups is 3. The van der Waals surface area contributed by atoms with Gasteiger partial charge in [-0.15, -0.1) is 11.3 Å². The first-order chi connectivity index (χ1) is 12.0. The van der Waals surface area contributed by atoms with Crippen LogP contribution in [0.3, 0.4) is 0 Å². The highest BCUT2D eigenvalue weighted by atomic mass is 32.1. The molecule has 25 heavy (non-hydrogen) atoms. The highest BCUT2D eigenvalue weighted by molar-refractivity contribution is 7.10. The fraction of sp³-hybridized carbons (Fsp3) is 0.278. The quantitative estimate of drug-likeness (QED) is 0.673. The smallest absolute Gasteiger partial charge is 0.335 e. The highest BCUT2D eigenvalue weighted by Gasteiger charge is 2.17. The van der Waals surface area contributed by atoms with Gasteiger partial charge in [0, 0.05) is 18.3 Å². The molecule has 3 N–H and O–H groups in total. The fourth-order valence-electron chi connectivity index (χ4n) is 2.38. The van der Waals surface area contributed by atoms with Crippen molar-refractivity contribution >= 4 is 29.1 Å². The van der Waals surface area contributed by atoms with Crippen LogP contribution < -0.4 is 10.6 Å². The summed E-state index contributed by atoms with van der Waals surface area (Å²) < 4.78 is 0. The SMILES string of the molecule is CC(=O)NC(CC(=O)NCCc1ccc(C(=O)O)cc1)c1cccs1. The number of hydrogen-bond acceptors (Lipinski definition) is 4. The molecule has 7 heteroatoms. The molecule has 0 aliphatic carbocycles. The molecule has 2 rings (SSSR count). The molecule has 1 heterocycles. The summed E-state index contributed by atoms with van der Waals surface area (Å²) in [7, 11) is 0. The zero-order chi connectivity index (χ0) is 18.2. The van der Waals surface area contributed by atoms with Gasteiger partial charge in [-0.1, -0.05) is 18.2 Å². The number of nitrogens with one attached hydrogen (secondary N) is 2. The summed E-state index contributed by atoms with van der Waals surface area (Å²) in [6, 6.07) is 10.0. The van der Waals surface area contributed by atoms with Crippen LogP contribution in [0.15, 0.2) is 41.8 Å². The van der Waals surface area contributed by atoms with E-state index in [2.05, 4.69) is 10.6 Å². The molecule has 0 aliphatic heterocycles. The van der Waals surface area contributed by atoms with Crippen LogP contribution in [0.2, 0.25) is 0 Å². The van der Waals surface area contributed by atoms with E-state index < -0.39 is 5.97 Å². The predicted molar refractivity (Wildman–Crippen MR) is 95.6 cm³/mol. The molecule has 0 aliphatic rings. The molecule has 2 amide bonds. The Bertz CT molecular complexity index is 726. The maximum absolute atomic E-state index is 12.1. The van der Waals surface area contributed by atoms with Crippen molar-refractivity contribution in [2.45, 2.75) is 25.8 Å². The lowest BCUT2D eigenvalue weighted by molar-refractivity contribution is -0.122. The molecule has 0 saturated heterocycles. The first-order valence-electron chi connectivity index (χ1n) is 7.85. The van der Waals surface area contributed by atoms with Gasteiger partial charge in [-0.2, -0.15) is 0 Å². The van der Waals surface area contributed by atoms with E-state index in [9.17, 15) is 14.4 Å². The first kappa shape index (κ1) is 18.7.